The average Bonchev–Trinajstić information content (AvgIpc) is 2.15. The summed E-state index contributed by atoms with van der Waals surface area (Å²) in [5, 5.41) is 18.6. The first kappa shape index (κ1) is 13.3. The lowest BCUT2D eigenvalue weighted by Crippen LogP contribution is -2.45. The number of aliphatic carboxylic acids is 2. The summed E-state index contributed by atoms with van der Waals surface area (Å²) in [6.07, 6.45) is -3.18. The van der Waals surface area contributed by atoms with Crippen molar-refractivity contribution in [3.8, 4) is 0 Å². The van der Waals surface area contributed by atoms with E-state index < -0.39 is 43.0 Å². The number of hydrogen-bond donors (Lipinski definition) is 4. The Labute approximate surface area is 84.1 Å². The van der Waals surface area contributed by atoms with Crippen LogP contribution in [0.25, 0.3) is 0 Å². The van der Waals surface area contributed by atoms with Gasteiger partial charge in [0.25, 0.3) is 0 Å². The molecule has 8 heteroatoms. The van der Waals surface area contributed by atoms with Gasteiger partial charge < -0.3 is 21.3 Å². The lowest BCUT2D eigenvalue weighted by Gasteiger charge is -2.14. The number of carbonyl (C=O) groups excluding carboxylic acids is 1. The molecule has 0 aliphatic carbocycles. The topological polar surface area (TPSA) is 130 Å². The van der Waals surface area contributed by atoms with E-state index in [1.54, 1.807) is 0 Å². The molecule has 2 atom stereocenters. The van der Waals surface area contributed by atoms with Gasteiger partial charge in [-0.15, -0.1) is 0 Å². The van der Waals surface area contributed by atoms with Crippen molar-refractivity contribution in [3.63, 3.8) is 0 Å². The molecule has 0 rings (SSSR count). The molecule has 0 heterocycles. The standard InChI is InChI=1S/C7H11FN2O5/c8-3(6(12)13)1-4(7(14)15)10-5(11)2-9/h3-4H,1-2,9H2,(H,10,11)(H,12,13)(H,14,15). The molecule has 0 radical (unpaired) electrons. The quantitative estimate of drug-likeness (QED) is 0.425. The maximum atomic E-state index is 12.6. The van der Waals surface area contributed by atoms with E-state index in [0.29, 0.717) is 0 Å². The third-order valence-electron chi connectivity index (χ3n) is 1.53. The third-order valence-corrected chi connectivity index (χ3v) is 1.53. The van der Waals surface area contributed by atoms with Gasteiger partial charge in [-0.3, -0.25) is 4.79 Å². The zero-order valence-corrected chi connectivity index (χ0v) is 7.64. The predicted molar refractivity (Wildman–Crippen MR) is 45.8 cm³/mol. The van der Waals surface area contributed by atoms with Crippen molar-refractivity contribution in [2.45, 2.75) is 18.6 Å². The van der Waals surface area contributed by atoms with Crippen LogP contribution in [-0.4, -0.2) is 46.8 Å². The summed E-state index contributed by atoms with van der Waals surface area (Å²) in [7, 11) is 0. The highest BCUT2D eigenvalue weighted by Crippen LogP contribution is 2.03. The van der Waals surface area contributed by atoms with Gasteiger partial charge in [-0.25, -0.2) is 14.0 Å². The minimum Gasteiger partial charge on any atom is -0.480 e. The van der Waals surface area contributed by atoms with Gasteiger partial charge in [0.05, 0.1) is 6.54 Å². The Morgan fingerprint density at radius 3 is 2.13 bits per heavy atom. The van der Waals surface area contributed by atoms with Gasteiger partial charge in [-0.1, -0.05) is 0 Å². The molecule has 0 fully saturated rings. The highest BCUT2D eigenvalue weighted by Gasteiger charge is 2.27. The van der Waals surface area contributed by atoms with E-state index in [0.717, 1.165) is 0 Å². The maximum Gasteiger partial charge on any atom is 0.338 e. The lowest BCUT2D eigenvalue weighted by atomic mass is 10.1. The van der Waals surface area contributed by atoms with Gasteiger partial charge in [0.15, 0.2) is 6.17 Å². The molecule has 0 spiro atoms. The smallest absolute Gasteiger partial charge is 0.338 e. The van der Waals surface area contributed by atoms with Crippen molar-refractivity contribution >= 4 is 17.8 Å². The Hall–Kier alpha value is -1.70. The molecule has 0 aliphatic rings. The molecule has 86 valence electrons. The summed E-state index contributed by atoms with van der Waals surface area (Å²) in [6.45, 7) is -0.451. The molecule has 0 bridgehead atoms. The first-order valence-corrected chi connectivity index (χ1v) is 3.97. The molecule has 0 saturated heterocycles. The number of carboxylic acids is 2. The number of nitrogens with two attached hydrogens (primary N) is 1. The fraction of sp³-hybridized carbons (Fsp3) is 0.571. The summed E-state index contributed by atoms with van der Waals surface area (Å²) in [6, 6.07) is -1.59. The summed E-state index contributed by atoms with van der Waals surface area (Å²) in [5.74, 6) is -4.08. The first-order valence-electron chi connectivity index (χ1n) is 3.97. The average molecular weight is 222 g/mol. The number of carbonyl (C=O) groups is 3. The minimum absolute atomic E-state index is 0.451. The van der Waals surface area contributed by atoms with E-state index in [9.17, 15) is 18.8 Å². The summed E-state index contributed by atoms with van der Waals surface area (Å²) < 4.78 is 12.6. The monoisotopic (exact) mass is 222 g/mol. The van der Waals surface area contributed by atoms with Crippen molar-refractivity contribution in [2.75, 3.05) is 6.54 Å². The van der Waals surface area contributed by atoms with E-state index >= 15 is 0 Å². The summed E-state index contributed by atoms with van der Waals surface area (Å²) in [4.78, 5) is 31.3. The number of alkyl halides is 1. The van der Waals surface area contributed by atoms with Crippen LogP contribution in [0.2, 0.25) is 0 Å². The molecule has 15 heavy (non-hydrogen) atoms. The Bertz CT molecular complexity index is 270. The molecular formula is C7H11FN2O5. The van der Waals surface area contributed by atoms with Crippen molar-refractivity contribution in [3.05, 3.63) is 0 Å². The van der Waals surface area contributed by atoms with Crippen molar-refractivity contribution < 1.29 is 29.0 Å². The first-order chi connectivity index (χ1) is 6.88. The largest absolute Gasteiger partial charge is 0.480 e. The second-order valence-electron chi connectivity index (χ2n) is 2.70. The third kappa shape index (κ3) is 4.91. The van der Waals surface area contributed by atoms with Crippen molar-refractivity contribution in [2.24, 2.45) is 5.73 Å². The second-order valence-corrected chi connectivity index (χ2v) is 2.70. The molecular weight excluding hydrogens is 211 g/mol. The Morgan fingerprint density at radius 1 is 1.27 bits per heavy atom. The maximum absolute atomic E-state index is 12.6. The fourth-order valence-electron chi connectivity index (χ4n) is 0.782. The zero-order valence-electron chi connectivity index (χ0n) is 7.64. The van der Waals surface area contributed by atoms with Gasteiger partial charge in [0.2, 0.25) is 5.91 Å². The lowest BCUT2D eigenvalue weighted by molar-refractivity contribution is -0.146. The van der Waals surface area contributed by atoms with E-state index in [1.807, 2.05) is 5.32 Å². The molecule has 0 aliphatic heterocycles. The molecule has 5 N–H and O–H groups in total. The Morgan fingerprint density at radius 2 is 1.80 bits per heavy atom. The number of hydrogen-bond acceptors (Lipinski definition) is 4. The van der Waals surface area contributed by atoms with Gasteiger partial charge in [-0.2, -0.15) is 0 Å². The molecule has 7 nitrogen and oxygen atoms in total. The van der Waals surface area contributed by atoms with Crippen LogP contribution >= 0.6 is 0 Å². The van der Waals surface area contributed by atoms with E-state index in [-0.39, 0.29) is 0 Å². The van der Waals surface area contributed by atoms with Gasteiger partial charge in [0, 0.05) is 6.42 Å². The van der Waals surface area contributed by atoms with Crippen LogP contribution in [0.5, 0.6) is 0 Å². The van der Waals surface area contributed by atoms with Crippen LogP contribution in [0.15, 0.2) is 0 Å². The van der Waals surface area contributed by atoms with E-state index in [1.165, 1.54) is 0 Å². The van der Waals surface area contributed by atoms with Crippen LogP contribution in [-0.2, 0) is 14.4 Å². The number of carboxylic acid groups (broad SMARTS) is 2. The fourth-order valence-corrected chi connectivity index (χ4v) is 0.782. The number of amides is 1. The van der Waals surface area contributed by atoms with Crippen LogP contribution in [0, 0.1) is 0 Å². The van der Waals surface area contributed by atoms with Crippen LogP contribution in [0.3, 0.4) is 0 Å². The predicted octanol–water partition coefficient (Wildman–Crippen LogP) is -1.67. The Kier molecular flexibility index (Phi) is 5.24. The number of halogens is 1. The van der Waals surface area contributed by atoms with E-state index in [4.69, 9.17) is 15.9 Å². The molecule has 1 amide bonds. The minimum atomic E-state index is -2.34. The number of rotatable bonds is 6. The SMILES string of the molecule is NCC(=O)NC(CC(F)C(=O)O)C(=O)O. The van der Waals surface area contributed by atoms with Crippen LogP contribution < -0.4 is 11.1 Å². The van der Waals surface area contributed by atoms with E-state index in [2.05, 4.69) is 0 Å². The highest BCUT2D eigenvalue weighted by atomic mass is 19.1. The van der Waals surface area contributed by atoms with Crippen LogP contribution in [0.1, 0.15) is 6.42 Å². The molecule has 0 aromatic carbocycles. The molecule has 0 saturated carbocycles. The zero-order chi connectivity index (χ0) is 12.0. The van der Waals surface area contributed by atoms with Gasteiger partial charge in [-0.05, 0) is 0 Å². The van der Waals surface area contributed by atoms with Gasteiger partial charge in [0.1, 0.15) is 6.04 Å². The highest BCUT2D eigenvalue weighted by molar-refractivity contribution is 5.85. The molecule has 0 aromatic rings. The summed E-state index contributed by atoms with van der Waals surface area (Å²) in [5.41, 5.74) is 4.90. The molecule has 2 unspecified atom stereocenters. The normalized spacial score (nSPS) is 14.0. The van der Waals surface area contributed by atoms with Crippen molar-refractivity contribution in [1.29, 1.82) is 0 Å². The Balaban J connectivity index is 4.35. The summed E-state index contributed by atoms with van der Waals surface area (Å²) >= 11 is 0. The second kappa shape index (κ2) is 5.91. The van der Waals surface area contributed by atoms with Gasteiger partial charge >= 0.3 is 11.9 Å². The number of nitrogens with one attached hydrogen (secondary N) is 1. The van der Waals surface area contributed by atoms with Crippen LogP contribution in [0.4, 0.5) is 4.39 Å². The van der Waals surface area contributed by atoms with Crippen molar-refractivity contribution in [1.82, 2.24) is 5.32 Å². The molecule has 0 aromatic heterocycles.